The zero-order chi connectivity index (χ0) is 10.9. The van der Waals surface area contributed by atoms with Gasteiger partial charge in [-0.2, -0.15) is 0 Å². The average molecular weight is 227 g/mol. The first-order valence-electron chi connectivity index (χ1n) is 5.21. The zero-order valence-corrected chi connectivity index (χ0v) is 9.54. The predicted molar refractivity (Wildman–Crippen MR) is 61.3 cm³/mol. The Hall–Kier alpha value is -0.800. The minimum atomic E-state index is -0.513. The van der Waals surface area contributed by atoms with Crippen LogP contribution >= 0.6 is 11.6 Å². The number of hydrogen-bond acceptors (Lipinski definition) is 3. The maximum Gasteiger partial charge on any atom is 0.0995 e. The first-order chi connectivity index (χ1) is 7.14. The Morgan fingerprint density at radius 3 is 2.93 bits per heavy atom. The van der Waals surface area contributed by atoms with Gasteiger partial charge in [-0.15, -0.1) is 0 Å². The molecule has 15 heavy (non-hydrogen) atoms. The summed E-state index contributed by atoms with van der Waals surface area (Å²) in [6.07, 6.45) is 5.22. The van der Waals surface area contributed by atoms with E-state index in [0.29, 0.717) is 18.1 Å². The highest BCUT2D eigenvalue weighted by Crippen LogP contribution is 2.34. The normalized spacial score (nSPS) is 18.7. The molecule has 0 spiro atoms. The van der Waals surface area contributed by atoms with Crippen molar-refractivity contribution in [3.05, 3.63) is 23.5 Å². The molecule has 82 valence electrons. The van der Waals surface area contributed by atoms with Crippen LogP contribution in [0.2, 0.25) is 5.02 Å². The molecule has 3 nitrogen and oxygen atoms in total. The highest BCUT2D eigenvalue weighted by atomic mass is 35.5. The number of aliphatic hydroxyl groups is 1. The first-order valence-corrected chi connectivity index (χ1v) is 5.59. The highest BCUT2D eigenvalue weighted by molar-refractivity contribution is 6.33. The van der Waals surface area contributed by atoms with E-state index in [1.54, 1.807) is 12.4 Å². The number of anilines is 1. The summed E-state index contributed by atoms with van der Waals surface area (Å²) < 4.78 is 0. The van der Waals surface area contributed by atoms with Crippen LogP contribution in [0.5, 0.6) is 0 Å². The second kappa shape index (κ2) is 3.99. The number of β-amino-alcohol motifs (C(OH)–C–C–N with tert-alkyl or cyclic N) is 1. The van der Waals surface area contributed by atoms with E-state index in [1.165, 1.54) is 0 Å². The molecule has 1 saturated heterocycles. The maximum absolute atomic E-state index is 10.0. The third-order valence-corrected chi connectivity index (χ3v) is 3.07. The summed E-state index contributed by atoms with van der Waals surface area (Å²) in [5.41, 5.74) is 0.453. The van der Waals surface area contributed by atoms with Gasteiger partial charge in [0.1, 0.15) is 0 Å². The van der Waals surface area contributed by atoms with E-state index in [4.69, 9.17) is 11.6 Å². The highest BCUT2D eigenvalue weighted by Gasteiger charge is 2.40. The molecule has 1 N–H and O–H groups in total. The molecule has 0 unspecified atom stereocenters. The van der Waals surface area contributed by atoms with Crippen LogP contribution in [0.25, 0.3) is 0 Å². The summed E-state index contributed by atoms with van der Waals surface area (Å²) in [6, 6.07) is 1.88. The molecule has 0 bridgehead atoms. The van der Waals surface area contributed by atoms with Crippen LogP contribution in [-0.4, -0.2) is 28.8 Å². The van der Waals surface area contributed by atoms with E-state index in [0.717, 1.165) is 18.5 Å². The van der Waals surface area contributed by atoms with Crippen molar-refractivity contribution < 1.29 is 5.11 Å². The number of aromatic nitrogens is 1. The molecule has 0 aliphatic carbocycles. The molecule has 1 aliphatic heterocycles. The Kier molecular flexibility index (Phi) is 2.85. The Labute approximate surface area is 94.7 Å². The van der Waals surface area contributed by atoms with Crippen LogP contribution < -0.4 is 4.90 Å². The second-order valence-corrected chi connectivity index (χ2v) is 4.56. The zero-order valence-electron chi connectivity index (χ0n) is 8.78. The second-order valence-electron chi connectivity index (χ2n) is 4.16. The average Bonchev–Trinajstić information content (AvgIpc) is 2.15. The third kappa shape index (κ3) is 2.08. The maximum atomic E-state index is 10.0. The molecule has 1 fully saturated rings. The van der Waals surface area contributed by atoms with Crippen molar-refractivity contribution in [2.75, 3.05) is 18.0 Å². The van der Waals surface area contributed by atoms with Crippen LogP contribution in [0.3, 0.4) is 0 Å². The molecule has 0 atom stereocenters. The predicted octanol–water partition coefficient (Wildman–Crippen LogP) is 2.09. The largest absolute Gasteiger partial charge is 0.386 e. The van der Waals surface area contributed by atoms with Gasteiger partial charge in [-0.05, 0) is 12.5 Å². The Morgan fingerprint density at radius 1 is 1.60 bits per heavy atom. The summed E-state index contributed by atoms with van der Waals surface area (Å²) in [5, 5.41) is 10.7. The summed E-state index contributed by atoms with van der Waals surface area (Å²) >= 11 is 6.02. The van der Waals surface area contributed by atoms with Crippen molar-refractivity contribution in [3.8, 4) is 0 Å². The van der Waals surface area contributed by atoms with E-state index in [1.807, 2.05) is 6.07 Å². The quantitative estimate of drug-likeness (QED) is 0.858. The fraction of sp³-hybridized carbons (Fsp3) is 0.545. The lowest BCUT2D eigenvalue weighted by atomic mass is 9.89. The van der Waals surface area contributed by atoms with E-state index in [2.05, 4.69) is 16.8 Å². The number of nitrogens with zero attached hydrogens (tertiary/aromatic N) is 2. The first kappa shape index (κ1) is 10.7. The molecule has 1 aliphatic rings. The molecule has 2 heterocycles. The van der Waals surface area contributed by atoms with E-state index >= 15 is 0 Å². The molecule has 0 aromatic carbocycles. The van der Waals surface area contributed by atoms with E-state index in [9.17, 15) is 5.11 Å². The molecule has 0 radical (unpaired) electrons. The lowest BCUT2D eigenvalue weighted by Gasteiger charge is -2.48. The monoisotopic (exact) mass is 226 g/mol. The molecular formula is C11H15ClN2O. The van der Waals surface area contributed by atoms with Gasteiger partial charge in [0.25, 0.3) is 0 Å². The van der Waals surface area contributed by atoms with Crippen LogP contribution in [0.15, 0.2) is 18.5 Å². The van der Waals surface area contributed by atoms with Gasteiger partial charge in [0.05, 0.1) is 16.3 Å². The van der Waals surface area contributed by atoms with Gasteiger partial charge < -0.3 is 10.0 Å². The lowest BCUT2D eigenvalue weighted by molar-refractivity contribution is 0.00341. The van der Waals surface area contributed by atoms with Gasteiger partial charge in [0.2, 0.25) is 0 Å². The molecule has 0 saturated carbocycles. The Morgan fingerprint density at radius 2 is 2.33 bits per heavy atom. The van der Waals surface area contributed by atoms with Gasteiger partial charge in [0, 0.05) is 25.5 Å². The minimum absolute atomic E-state index is 0.513. The molecule has 1 aromatic rings. The van der Waals surface area contributed by atoms with Crippen molar-refractivity contribution in [3.63, 3.8) is 0 Å². The molecule has 1 aromatic heterocycles. The van der Waals surface area contributed by atoms with Crippen molar-refractivity contribution in [2.45, 2.75) is 25.4 Å². The van der Waals surface area contributed by atoms with E-state index < -0.39 is 5.60 Å². The molecule has 4 heteroatoms. The van der Waals surface area contributed by atoms with Gasteiger partial charge in [0.15, 0.2) is 0 Å². The number of halogens is 1. The molecule has 0 amide bonds. The molecule has 2 rings (SSSR count). The number of rotatable bonds is 3. The van der Waals surface area contributed by atoms with Gasteiger partial charge in [-0.3, -0.25) is 4.98 Å². The van der Waals surface area contributed by atoms with Gasteiger partial charge >= 0.3 is 0 Å². The van der Waals surface area contributed by atoms with Crippen molar-refractivity contribution in [1.82, 2.24) is 4.98 Å². The van der Waals surface area contributed by atoms with Crippen LogP contribution in [0, 0.1) is 0 Å². The summed E-state index contributed by atoms with van der Waals surface area (Å²) in [4.78, 5) is 6.02. The topological polar surface area (TPSA) is 36.4 Å². The van der Waals surface area contributed by atoms with Crippen molar-refractivity contribution >= 4 is 17.3 Å². The smallest absolute Gasteiger partial charge is 0.0995 e. The van der Waals surface area contributed by atoms with Gasteiger partial charge in [-0.1, -0.05) is 24.9 Å². The standard InChI is InChI=1S/C11H15ClN2O/c1-2-4-11(15)7-14(8-11)10-3-5-13-6-9(10)12/h3,5-6,15H,2,4,7-8H2,1H3. The van der Waals surface area contributed by atoms with Crippen molar-refractivity contribution in [1.29, 1.82) is 0 Å². The molecular weight excluding hydrogens is 212 g/mol. The lowest BCUT2D eigenvalue weighted by Crippen LogP contribution is -2.62. The number of pyridine rings is 1. The van der Waals surface area contributed by atoms with Crippen molar-refractivity contribution in [2.24, 2.45) is 0 Å². The summed E-state index contributed by atoms with van der Waals surface area (Å²) in [7, 11) is 0. The van der Waals surface area contributed by atoms with Crippen LogP contribution in [0.1, 0.15) is 19.8 Å². The van der Waals surface area contributed by atoms with Crippen LogP contribution in [0.4, 0.5) is 5.69 Å². The minimum Gasteiger partial charge on any atom is -0.386 e. The summed E-state index contributed by atoms with van der Waals surface area (Å²) in [5.74, 6) is 0. The SMILES string of the molecule is CCCC1(O)CN(c2ccncc2Cl)C1. The van der Waals surface area contributed by atoms with E-state index in [-0.39, 0.29) is 0 Å². The summed E-state index contributed by atoms with van der Waals surface area (Å²) in [6.45, 7) is 3.43. The fourth-order valence-corrected chi connectivity index (χ4v) is 2.32. The van der Waals surface area contributed by atoms with Crippen LogP contribution in [-0.2, 0) is 0 Å². The Balaban J connectivity index is 2.03. The Bertz CT molecular complexity index is 350. The third-order valence-electron chi connectivity index (χ3n) is 2.78. The number of hydrogen-bond donors (Lipinski definition) is 1. The van der Waals surface area contributed by atoms with Gasteiger partial charge in [-0.25, -0.2) is 0 Å². The fourth-order valence-electron chi connectivity index (χ4n) is 2.08.